The second kappa shape index (κ2) is 5.75. The summed E-state index contributed by atoms with van der Waals surface area (Å²) >= 11 is 0. The summed E-state index contributed by atoms with van der Waals surface area (Å²) in [4.78, 5) is 14.5. The number of nitrogens with zero attached hydrogens (tertiary/aromatic N) is 1. The highest BCUT2D eigenvalue weighted by molar-refractivity contribution is 6.62. The molecule has 0 N–H and O–H groups in total. The number of hydrogen-bond donors (Lipinski definition) is 0. The Balaban J connectivity index is 2.36. The van der Waals surface area contributed by atoms with Crippen LogP contribution < -0.4 is 5.46 Å². The van der Waals surface area contributed by atoms with Crippen molar-refractivity contribution in [3.05, 3.63) is 35.2 Å². The van der Waals surface area contributed by atoms with Gasteiger partial charge in [-0.1, -0.05) is 18.2 Å². The molecule has 0 spiro atoms. The molecule has 1 saturated heterocycles. The zero-order valence-corrected chi connectivity index (χ0v) is 13.6. The molecule has 0 aromatic heterocycles. The minimum absolute atomic E-state index is 0.132. The summed E-state index contributed by atoms with van der Waals surface area (Å²) in [5.74, 6) is -0.353. The average molecular weight is 301 g/mol. The Bertz CT molecular complexity index is 618. The van der Waals surface area contributed by atoms with Gasteiger partial charge in [0.1, 0.15) is 6.61 Å². The van der Waals surface area contributed by atoms with E-state index < -0.39 is 18.3 Å². The molecule has 0 radical (unpaired) electrons. The van der Waals surface area contributed by atoms with E-state index in [-0.39, 0.29) is 12.6 Å². The molecule has 6 heteroatoms. The number of esters is 1. The molecule has 1 aliphatic rings. The second-order valence-electron chi connectivity index (χ2n) is 6.36. The zero-order valence-electron chi connectivity index (χ0n) is 13.6. The summed E-state index contributed by atoms with van der Waals surface area (Å²) in [6.45, 7) is 16.5. The molecule has 0 unspecified atom stereocenters. The molecular formula is C16H20BNO4. The quantitative estimate of drug-likeness (QED) is 0.489. The summed E-state index contributed by atoms with van der Waals surface area (Å²) in [6, 6.07) is 5.20. The normalized spacial score (nSPS) is 18.8. The predicted molar refractivity (Wildman–Crippen MR) is 83.9 cm³/mol. The Morgan fingerprint density at radius 2 is 1.86 bits per heavy atom. The van der Waals surface area contributed by atoms with Gasteiger partial charge in [-0.25, -0.2) is 4.85 Å². The van der Waals surface area contributed by atoms with Gasteiger partial charge in [0, 0.05) is 6.92 Å². The van der Waals surface area contributed by atoms with Crippen LogP contribution in [0.1, 0.15) is 40.2 Å². The van der Waals surface area contributed by atoms with Crippen LogP contribution in [0.3, 0.4) is 0 Å². The molecule has 0 aliphatic carbocycles. The summed E-state index contributed by atoms with van der Waals surface area (Å²) in [5.41, 5.74) is 1.07. The lowest BCUT2D eigenvalue weighted by molar-refractivity contribution is -0.142. The lowest BCUT2D eigenvalue weighted by Gasteiger charge is -2.32. The van der Waals surface area contributed by atoms with E-state index in [9.17, 15) is 4.79 Å². The molecule has 2 rings (SSSR count). The molecule has 1 heterocycles. The van der Waals surface area contributed by atoms with Gasteiger partial charge in [0.05, 0.1) is 17.8 Å². The van der Waals surface area contributed by atoms with E-state index in [0.29, 0.717) is 5.69 Å². The fourth-order valence-corrected chi connectivity index (χ4v) is 2.15. The van der Waals surface area contributed by atoms with Gasteiger partial charge in [-0.3, -0.25) is 4.79 Å². The molecule has 1 aliphatic heterocycles. The van der Waals surface area contributed by atoms with Crippen LogP contribution in [0.5, 0.6) is 0 Å². The minimum Gasteiger partial charge on any atom is -0.461 e. The minimum atomic E-state index is -0.586. The van der Waals surface area contributed by atoms with Crippen molar-refractivity contribution in [1.29, 1.82) is 0 Å². The van der Waals surface area contributed by atoms with Gasteiger partial charge >= 0.3 is 13.1 Å². The van der Waals surface area contributed by atoms with Gasteiger partial charge in [-0.05, 0) is 38.7 Å². The number of hydrogen-bond acceptors (Lipinski definition) is 4. The third kappa shape index (κ3) is 3.16. The topological polar surface area (TPSA) is 49.1 Å². The molecule has 0 saturated carbocycles. The first kappa shape index (κ1) is 16.5. The van der Waals surface area contributed by atoms with Crippen LogP contribution in [0.15, 0.2) is 18.2 Å². The monoisotopic (exact) mass is 301 g/mol. The van der Waals surface area contributed by atoms with Crippen molar-refractivity contribution < 1.29 is 18.8 Å². The van der Waals surface area contributed by atoms with Gasteiger partial charge in [0.25, 0.3) is 0 Å². The molecule has 116 valence electrons. The standard InChI is InChI=1S/C16H20BNO4/c1-11(19)20-10-12-7-8-13(18-6)9-14(12)17-21-15(2,3)16(4,5)22-17/h7-9H,10H2,1-5H3. The van der Waals surface area contributed by atoms with E-state index in [2.05, 4.69) is 4.85 Å². The van der Waals surface area contributed by atoms with Crippen molar-refractivity contribution in [3.63, 3.8) is 0 Å². The Morgan fingerprint density at radius 3 is 2.36 bits per heavy atom. The van der Waals surface area contributed by atoms with Crippen LogP contribution in [0.2, 0.25) is 0 Å². The van der Waals surface area contributed by atoms with Gasteiger partial charge in [-0.2, -0.15) is 0 Å². The number of carbonyl (C=O) groups is 1. The number of benzene rings is 1. The summed E-state index contributed by atoms with van der Waals surface area (Å²) in [7, 11) is -0.586. The molecule has 1 aromatic rings. The molecule has 5 nitrogen and oxygen atoms in total. The van der Waals surface area contributed by atoms with Gasteiger partial charge < -0.3 is 14.0 Å². The third-order valence-electron chi connectivity index (χ3n) is 4.20. The molecular weight excluding hydrogens is 281 g/mol. The third-order valence-corrected chi connectivity index (χ3v) is 4.20. The van der Waals surface area contributed by atoms with Crippen LogP contribution in [0.25, 0.3) is 4.85 Å². The first-order valence-corrected chi connectivity index (χ1v) is 7.15. The lowest BCUT2D eigenvalue weighted by atomic mass is 9.76. The Kier molecular flexibility index (Phi) is 4.32. The smallest absolute Gasteiger partial charge is 0.461 e. The van der Waals surface area contributed by atoms with Crippen molar-refractivity contribution in [2.24, 2.45) is 0 Å². The second-order valence-corrected chi connectivity index (χ2v) is 6.36. The number of ether oxygens (including phenoxy) is 1. The highest BCUT2D eigenvalue weighted by Gasteiger charge is 2.52. The number of rotatable bonds is 3. The molecule has 0 amide bonds. The predicted octanol–water partition coefficient (Wildman–Crippen LogP) is 2.60. The van der Waals surface area contributed by atoms with E-state index in [1.807, 2.05) is 27.7 Å². The Labute approximate surface area is 131 Å². The van der Waals surface area contributed by atoms with E-state index in [1.165, 1.54) is 6.92 Å². The maximum Gasteiger partial charge on any atom is 0.493 e. The maximum absolute atomic E-state index is 11.0. The van der Waals surface area contributed by atoms with Crippen LogP contribution in [0, 0.1) is 6.57 Å². The van der Waals surface area contributed by atoms with Crippen LogP contribution >= 0.6 is 0 Å². The van der Waals surface area contributed by atoms with E-state index >= 15 is 0 Å². The summed E-state index contributed by atoms with van der Waals surface area (Å²) < 4.78 is 17.1. The fraction of sp³-hybridized carbons (Fsp3) is 0.500. The Morgan fingerprint density at radius 1 is 1.27 bits per heavy atom. The van der Waals surface area contributed by atoms with Crippen molar-refractivity contribution in [3.8, 4) is 0 Å². The van der Waals surface area contributed by atoms with Crippen molar-refractivity contribution in [1.82, 2.24) is 0 Å². The molecule has 22 heavy (non-hydrogen) atoms. The average Bonchev–Trinajstić information content (AvgIpc) is 2.65. The molecule has 1 fully saturated rings. The first-order valence-electron chi connectivity index (χ1n) is 7.15. The van der Waals surface area contributed by atoms with E-state index in [4.69, 9.17) is 20.6 Å². The highest BCUT2D eigenvalue weighted by atomic mass is 16.7. The summed E-state index contributed by atoms with van der Waals surface area (Å²) in [5, 5.41) is 0. The lowest BCUT2D eigenvalue weighted by Crippen LogP contribution is -2.41. The zero-order chi connectivity index (χ0) is 16.5. The fourth-order valence-electron chi connectivity index (χ4n) is 2.15. The van der Waals surface area contributed by atoms with Gasteiger partial charge in [0.15, 0.2) is 5.69 Å². The Hall–Kier alpha value is -1.84. The summed E-state index contributed by atoms with van der Waals surface area (Å²) in [6.07, 6.45) is 0. The van der Waals surface area contributed by atoms with Crippen molar-refractivity contribution >= 4 is 24.2 Å². The van der Waals surface area contributed by atoms with Crippen molar-refractivity contribution in [2.75, 3.05) is 0 Å². The molecule has 1 aromatic carbocycles. The largest absolute Gasteiger partial charge is 0.493 e. The van der Waals surface area contributed by atoms with Gasteiger partial charge in [-0.15, -0.1) is 0 Å². The highest BCUT2D eigenvalue weighted by Crippen LogP contribution is 2.37. The molecule has 0 bridgehead atoms. The van der Waals surface area contributed by atoms with E-state index in [1.54, 1.807) is 18.2 Å². The maximum atomic E-state index is 11.0. The molecule has 0 atom stereocenters. The van der Waals surface area contributed by atoms with E-state index in [0.717, 1.165) is 11.0 Å². The number of carbonyl (C=O) groups excluding carboxylic acids is 1. The SMILES string of the molecule is [C-]#[N+]c1ccc(COC(C)=O)c(B2OC(C)(C)C(C)(C)O2)c1. The van der Waals surface area contributed by atoms with Crippen LogP contribution in [0.4, 0.5) is 5.69 Å². The van der Waals surface area contributed by atoms with Gasteiger partial charge in [0.2, 0.25) is 0 Å². The van der Waals surface area contributed by atoms with Crippen LogP contribution in [-0.2, 0) is 25.4 Å². The van der Waals surface area contributed by atoms with Crippen molar-refractivity contribution in [2.45, 2.75) is 52.4 Å². The van der Waals surface area contributed by atoms with Crippen LogP contribution in [-0.4, -0.2) is 24.3 Å². The first-order chi connectivity index (χ1) is 10.2.